The molecule has 0 aromatic carbocycles. The molecule has 1 atom stereocenters. The van der Waals surface area contributed by atoms with Crippen LogP contribution in [0.4, 0.5) is 0 Å². The number of aromatic amines is 1. The van der Waals surface area contributed by atoms with E-state index in [9.17, 15) is 14.4 Å². The number of hydrogen-bond donors (Lipinski definition) is 1. The van der Waals surface area contributed by atoms with Gasteiger partial charge in [-0.15, -0.1) is 0 Å². The molecule has 1 aliphatic rings. The molecule has 0 saturated carbocycles. The second-order valence-corrected chi connectivity index (χ2v) is 6.10. The highest BCUT2D eigenvalue weighted by atomic mass is 16.6. The van der Waals surface area contributed by atoms with E-state index < -0.39 is 29.1 Å². The standard InChI is InChI=1S/C15H20N2O4/c1-15(2,3)21-14(20)11-7-5-9-17(11)13(19)10-6-4-8-16-12(10)18/h4,6,8,11H,5,7,9H2,1-3H3,(H,16,18)/t11-/m0/s1. The van der Waals surface area contributed by atoms with E-state index in [2.05, 4.69) is 4.98 Å². The Morgan fingerprint density at radius 3 is 2.71 bits per heavy atom. The van der Waals surface area contributed by atoms with Crippen molar-refractivity contribution in [2.45, 2.75) is 45.3 Å². The van der Waals surface area contributed by atoms with E-state index in [1.165, 1.54) is 17.2 Å². The summed E-state index contributed by atoms with van der Waals surface area (Å²) in [6.07, 6.45) is 2.75. The molecule has 6 nitrogen and oxygen atoms in total. The number of nitrogens with one attached hydrogen (secondary N) is 1. The molecular formula is C15H20N2O4. The molecule has 1 amide bonds. The second kappa shape index (κ2) is 5.71. The van der Waals surface area contributed by atoms with Crippen molar-refractivity contribution in [3.63, 3.8) is 0 Å². The van der Waals surface area contributed by atoms with Gasteiger partial charge in [-0.25, -0.2) is 4.79 Å². The first-order valence-electron chi connectivity index (χ1n) is 7.01. The van der Waals surface area contributed by atoms with E-state index in [0.717, 1.165) is 6.42 Å². The van der Waals surface area contributed by atoms with Gasteiger partial charge in [0.15, 0.2) is 0 Å². The van der Waals surface area contributed by atoms with Crippen LogP contribution < -0.4 is 5.56 Å². The van der Waals surface area contributed by atoms with Gasteiger partial charge < -0.3 is 14.6 Å². The summed E-state index contributed by atoms with van der Waals surface area (Å²) in [6, 6.07) is 2.44. The fourth-order valence-electron chi connectivity index (χ4n) is 2.37. The maximum Gasteiger partial charge on any atom is 0.329 e. The summed E-state index contributed by atoms with van der Waals surface area (Å²) in [5.74, 6) is -0.842. The number of likely N-dealkylation sites (tertiary alicyclic amines) is 1. The van der Waals surface area contributed by atoms with E-state index in [4.69, 9.17) is 4.74 Å². The highest BCUT2D eigenvalue weighted by Gasteiger charge is 2.37. The number of carbonyl (C=O) groups is 2. The lowest BCUT2D eigenvalue weighted by molar-refractivity contribution is -0.159. The minimum absolute atomic E-state index is 0.0490. The van der Waals surface area contributed by atoms with Crippen LogP contribution in [-0.2, 0) is 9.53 Å². The van der Waals surface area contributed by atoms with Gasteiger partial charge in [0.05, 0.1) is 0 Å². The van der Waals surface area contributed by atoms with E-state index in [-0.39, 0.29) is 5.56 Å². The molecule has 2 heterocycles. The average Bonchev–Trinajstić information content (AvgIpc) is 2.85. The Balaban J connectivity index is 2.19. The number of amides is 1. The number of ether oxygens (including phenoxy) is 1. The summed E-state index contributed by atoms with van der Waals surface area (Å²) in [6.45, 7) is 5.81. The molecule has 21 heavy (non-hydrogen) atoms. The molecule has 0 bridgehead atoms. The summed E-state index contributed by atoms with van der Waals surface area (Å²) < 4.78 is 5.35. The highest BCUT2D eigenvalue weighted by molar-refractivity contribution is 5.96. The van der Waals surface area contributed by atoms with E-state index in [0.29, 0.717) is 13.0 Å². The monoisotopic (exact) mass is 292 g/mol. The number of nitrogens with zero attached hydrogens (tertiary/aromatic N) is 1. The zero-order chi connectivity index (χ0) is 15.6. The smallest absolute Gasteiger partial charge is 0.329 e. The zero-order valence-corrected chi connectivity index (χ0v) is 12.5. The number of esters is 1. The number of carbonyl (C=O) groups excluding carboxylic acids is 2. The number of hydrogen-bond acceptors (Lipinski definition) is 4. The summed E-state index contributed by atoms with van der Waals surface area (Å²) in [5, 5.41) is 0. The van der Waals surface area contributed by atoms with Crippen LogP contribution in [-0.4, -0.2) is 39.9 Å². The maximum absolute atomic E-state index is 12.4. The molecule has 1 saturated heterocycles. The summed E-state index contributed by atoms with van der Waals surface area (Å²) in [5.41, 5.74) is -0.996. The fourth-order valence-corrected chi connectivity index (χ4v) is 2.37. The van der Waals surface area contributed by atoms with Crippen molar-refractivity contribution in [1.82, 2.24) is 9.88 Å². The van der Waals surface area contributed by atoms with Crippen LogP contribution in [0, 0.1) is 0 Å². The summed E-state index contributed by atoms with van der Waals surface area (Å²) >= 11 is 0. The summed E-state index contributed by atoms with van der Waals surface area (Å²) in [7, 11) is 0. The van der Waals surface area contributed by atoms with Crippen molar-refractivity contribution in [2.75, 3.05) is 6.54 Å². The van der Waals surface area contributed by atoms with Crippen molar-refractivity contribution in [3.05, 3.63) is 34.2 Å². The van der Waals surface area contributed by atoms with Crippen molar-refractivity contribution in [3.8, 4) is 0 Å². The van der Waals surface area contributed by atoms with Crippen LogP contribution in [0.3, 0.4) is 0 Å². The van der Waals surface area contributed by atoms with Crippen molar-refractivity contribution in [1.29, 1.82) is 0 Å². The molecular weight excluding hydrogens is 272 g/mol. The van der Waals surface area contributed by atoms with Gasteiger partial charge in [-0.3, -0.25) is 9.59 Å². The van der Waals surface area contributed by atoms with Crippen LogP contribution in [0.25, 0.3) is 0 Å². The van der Waals surface area contributed by atoms with Gasteiger partial charge in [0, 0.05) is 12.7 Å². The lowest BCUT2D eigenvalue weighted by Gasteiger charge is -2.27. The number of H-pyrrole nitrogens is 1. The Bertz CT molecular complexity index is 600. The van der Waals surface area contributed by atoms with Crippen LogP contribution in [0.15, 0.2) is 23.1 Å². The quantitative estimate of drug-likeness (QED) is 0.834. The lowest BCUT2D eigenvalue weighted by Crippen LogP contribution is -2.44. The molecule has 0 aliphatic carbocycles. The van der Waals surface area contributed by atoms with Crippen molar-refractivity contribution in [2.24, 2.45) is 0 Å². The Morgan fingerprint density at radius 1 is 1.38 bits per heavy atom. The van der Waals surface area contributed by atoms with E-state index >= 15 is 0 Å². The van der Waals surface area contributed by atoms with Crippen molar-refractivity contribution < 1.29 is 14.3 Å². The van der Waals surface area contributed by atoms with Gasteiger partial charge in [-0.05, 0) is 45.7 Å². The lowest BCUT2D eigenvalue weighted by atomic mass is 10.1. The van der Waals surface area contributed by atoms with Crippen LogP contribution in [0.1, 0.15) is 44.0 Å². The zero-order valence-electron chi connectivity index (χ0n) is 12.5. The number of rotatable bonds is 2. The summed E-state index contributed by atoms with van der Waals surface area (Å²) in [4.78, 5) is 40.2. The minimum atomic E-state index is -0.615. The maximum atomic E-state index is 12.4. The third kappa shape index (κ3) is 3.51. The second-order valence-electron chi connectivity index (χ2n) is 6.10. The Morgan fingerprint density at radius 2 is 2.10 bits per heavy atom. The molecule has 0 spiro atoms. The van der Waals surface area contributed by atoms with Gasteiger partial charge in [0.25, 0.3) is 11.5 Å². The van der Waals surface area contributed by atoms with Gasteiger partial charge in [-0.1, -0.05) is 0 Å². The van der Waals surface area contributed by atoms with Gasteiger partial charge in [-0.2, -0.15) is 0 Å². The number of aromatic nitrogens is 1. The average molecular weight is 292 g/mol. The van der Waals surface area contributed by atoms with Crippen LogP contribution >= 0.6 is 0 Å². The Kier molecular flexibility index (Phi) is 4.16. The first-order valence-corrected chi connectivity index (χ1v) is 7.01. The number of pyridine rings is 1. The van der Waals surface area contributed by atoms with Gasteiger partial charge >= 0.3 is 5.97 Å². The van der Waals surface area contributed by atoms with Crippen LogP contribution in [0.2, 0.25) is 0 Å². The molecule has 114 valence electrons. The molecule has 0 unspecified atom stereocenters. The predicted molar refractivity (Wildman–Crippen MR) is 77.0 cm³/mol. The molecule has 1 aromatic heterocycles. The topological polar surface area (TPSA) is 79.5 Å². The Labute approximate surface area is 123 Å². The first-order chi connectivity index (χ1) is 9.79. The van der Waals surface area contributed by atoms with Crippen LogP contribution in [0.5, 0.6) is 0 Å². The Hall–Kier alpha value is -2.11. The molecule has 1 aliphatic heterocycles. The SMILES string of the molecule is CC(C)(C)OC(=O)[C@@H]1CCCN1C(=O)c1ccc[nH]c1=O. The van der Waals surface area contributed by atoms with Crippen molar-refractivity contribution >= 4 is 11.9 Å². The van der Waals surface area contributed by atoms with Gasteiger partial charge in [0.2, 0.25) is 0 Å². The minimum Gasteiger partial charge on any atom is -0.458 e. The molecule has 0 radical (unpaired) electrons. The predicted octanol–water partition coefficient (Wildman–Crippen LogP) is 1.32. The third-order valence-corrected chi connectivity index (χ3v) is 3.24. The largest absolute Gasteiger partial charge is 0.458 e. The van der Waals surface area contributed by atoms with E-state index in [1.807, 2.05) is 0 Å². The fraction of sp³-hybridized carbons (Fsp3) is 0.533. The first kappa shape index (κ1) is 15.3. The van der Waals surface area contributed by atoms with Gasteiger partial charge in [0.1, 0.15) is 17.2 Å². The normalized spacial score (nSPS) is 18.6. The molecule has 1 aromatic rings. The third-order valence-electron chi connectivity index (χ3n) is 3.24. The molecule has 1 fully saturated rings. The molecule has 1 N–H and O–H groups in total. The highest BCUT2D eigenvalue weighted by Crippen LogP contribution is 2.22. The molecule has 2 rings (SSSR count). The van der Waals surface area contributed by atoms with E-state index in [1.54, 1.807) is 26.8 Å². The molecule has 6 heteroatoms.